The van der Waals surface area contributed by atoms with Crippen LogP contribution < -0.4 is 0 Å². The second kappa shape index (κ2) is 12.8. The molecule has 0 amide bonds. The molecule has 4 heterocycles. The first kappa shape index (κ1) is 32.3. The first-order chi connectivity index (χ1) is 28.2. The van der Waals surface area contributed by atoms with Crippen LogP contribution in [0.4, 0.5) is 0 Å². The van der Waals surface area contributed by atoms with Crippen LogP contribution >= 0.6 is 22.7 Å². The molecule has 4 aromatic heterocycles. The van der Waals surface area contributed by atoms with Gasteiger partial charge in [-0.05, 0) is 29.3 Å². The molecule has 4 nitrogen and oxygen atoms in total. The lowest BCUT2D eigenvalue weighted by Crippen LogP contribution is -2.00. The van der Waals surface area contributed by atoms with Crippen molar-refractivity contribution in [1.82, 2.24) is 15.0 Å². The number of para-hydroxylation sites is 1. The van der Waals surface area contributed by atoms with Gasteiger partial charge in [-0.3, -0.25) is 0 Å². The number of furan rings is 1. The zero-order valence-electron chi connectivity index (χ0n) is 30.3. The van der Waals surface area contributed by atoms with Gasteiger partial charge < -0.3 is 4.42 Å². The van der Waals surface area contributed by atoms with Crippen LogP contribution in [0.1, 0.15) is 0 Å². The maximum absolute atomic E-state index is 6.85. The fourth-order valence-electron chi connectivity index (χ4n) is 8.33. The normalized spacial score (nSPS) is 11.9. The zero-order valence-corrected chi connectivity index (χ0v) is 31.9. The minimum absolute atomic E-state index is 0.606. The van der Waals surface area contributed by atoms with E-state index in [1.807, 2.05) is 95.5 Å². The van der Waals surface area contributed by atoms with E-state index >= 15 is 0 Å². The van der Waals surface area contributed by atoms with E-state index < -0.39 is 0 Å². The molecule has 0 spiro atoms. The molecule has 0 bridgehead atoms. The van der Waals surface area contributed by atoms with Gasteiger partial charge in [-0.15, -0.1) is 22.7 Å². The van der Waals surface area contributed by atoms with Crippen LogP contribution in [0.5, 0.6) is 0 Å². The van der Waals surface area contributed by atoms with Gasteiger partial charge in [-0.2, -0.15) is 0 Å². The van der Waals surface area contributed by atoms with Crippen molar-refractivity contribution in [3.05, 3.63) is 176 Å². The van der Waals surface area contributed by atoms with Crippen molar-refractivity contribution in [3.63, 3.8) is 0 Å². The standard InChI is InChI=1S/C51H29N3OS2/c1-3-13-30(14-4-1)49-52-50(31-15-5-2-6-16-31)54-51(53-49)41-24-12-25-42-45(41)40-23-10-19-36(46(40)55-42)37-20-11-22-39-38-21-9-18-33(47(38)57-48(37)39)32-27-28-35-34-17-7-8-26-43(34)56-44(35)29-32/h1-29H. The Balaban J connectivity index is 1.04. The summed E-state index contributed by atoms with van der Waals surface area (Å²) in [6.45, 7) is 0. The third-order valence-corrected chi connectivity index (χ3v) is 13.4. The van der Waals surface area contributed by atoms with Gasteiger partial charge in [0, 0.05) is 78.9 Å². The van der Waals surface area contributed by atoms with Crippen molar-refractivity contribution >= 4 is 85.0 Å². The Morgan fingerprint density at radius 2 is 0.912 bits per heavy atom. The average Bonchev–Trinajstić information content (AvgIpc) is 3.98. The molecule has 0 saturated carbocycles. The minimum Gasteiger partial charge on any atom is -0.455 e. The van der Waals surface area contributed by atoms with Crippen LogP contribution in [0.2, 0.25) is 0 Å². The van der Waals surface area contributed by atoms with Gasteiger partial charge in [0.05, 0.1) is 0 Å². The fraction of sp³-hybridized carbons (Fsp3) is 0. The fourth-order valence-corrected chi connectivity index (χ4v) is 10.8. The number of hydrogen-bond acceptors (Lipinski definition) is 6. The summed E-state index contributed by atoms with van der Waals surface area (Å²) in [6.07, 6.45) is 0. The molecular weight excluding hydrogens is 735 g/mol. The SMILES string of the molecule is c1ccc(-c2nc(-c3ccccc3)nc(-c3cccc4oc5c(-c6cccc7c6sc6c(-c8ccc9c(c8)sc8ccccc89)cccc67)cccc5c34)n2)cc1. The molecule has 8 aromatic carbocycles. The number of thiophene rings is 2. The molecular formula is C51H29N3OS2. The predicted molar refractivity (Wildman–Crippen MR) is 240 cm³/mol. The van der Waals surface area contributed by atoms with E-state index in [0.29, 0.717) is 17.5 Å². The van der Waals surface area contributed by atoms with Crippen LogP contribution in [0.25, 0.3) is 119 Å². The van der Waals surface area contributed by atoms with E-state index in [9.17, 15) is 0 Å². The average molecular weight is 764 g/mol. The lowest BCUT2D eigenvalue weighted by molar-refractivity contribution is 0.670. The Morgan fingerprint density at radius 1 is 0.351 bits per heavy atom. The highest BCUT2D eigenvalue weighted by molar-refractivity contribution is 7.27. The van der Waals surface area contributed by atoms with E-state index in [0.717, 1.165) is 49.8 Å². The Labute approximate surface area is 335 Å². The summed E-state index contributed by atoms with van der Waals surface area (Å²) in [6, 6.07) is 61.8. The van der Waals surface area contributed by atoms with E-state index in [1.165, 1.54) is 51.5 Å². The van der Waals surface area contributed by atoms with Gasteiger partial charge >= 0.3 is 0 Å². The molecule has 0 aliphatic heterocycles. The molecule has 0 unspecified atom stereocenters. The highest BCUT2D eigenvalue weighted by Crippen LogP contribution is 2.47. The smallest absolute Gasteiger partial charge is 0.164 e. The van der Waals surface area contributed by atoms with Crippen molar-refractivity contribution in [2.45, 2.75) is 0 Å². The first-order valence-electron chi connectivity index (χ1n) is 18.9. The molecule has 0 aliphatic carbocycles. The second-order valence-electron chi connectivity index (χ2n) is 14.3. The van der Waals surface area contributed by atoms with Gasteiger partial charge in [0.1, 0.15) is 11.2 Å². The topological polar surface area (TPSA) is 51.8 Å². The van der Waals surface area contributed by atoms with Crippen molar-refractivity contribution in [2.24, 2.45) is 0 Å². The zero-order chi connectivity index (χ0) is 37.5. The predicted octanol–water partition coefficient (Wildman–Crippen LogP) is 14.8. The summed E-state index contributed by atoms with van der Waals surface area (Å²) < 4.78 is 12.0. The summed E-state index contributed by atoms with van der Waals surface area (Å²) in [7, 11) is 0. The molecule has 0 aliphatic rings. The monoisotopic (exact) mass is 763 g/mol. The molecule has 0 N–H and O–H groups in total. The highest BCUT2D eigenvalue weighted by Gasteiger charge is 2.21. The first-order valence-corrected chi connectivity index (χ1v) is 20.6. The second-order valence-corrected chi connectivity index (χ2v) is 16.4. The van der Waals surface area contributed by atoms with E-state index in [4.69, 9.17) is 19.4 Å². The molecule has 0 saturated heterocycles. The van der Waals surface area contributed by atoms with Gasteiger partial charge in [-0.1, -0.05) is 158 Å². The van der Waals surface area contributed by atoms with Crippen LogP contribution in [-0.4, -0.2) is 15.0 Å². The number of aromatic nitrogens is 3. The third-order valence-electron chi connectivity index (χ3n) is 11.0. The van der Waals surface area contributed by atoms with Crippen molar-refractivity contribution in [2.75, 3.05) is 0 Å². The van der Waals surface area contributed by atoms with Gasteiger partial charge in [0.25, 0.3) is 0 Å². The van der Waals surface area contributed by atoms with E-state index in [-0.39, 0.29) is 0 Å². The van der Waals surface area contributed by atoms with E-state index in [1.54, 1.807) is 0 Å². The number of fused-ring (bicyclic) bond motifs is 9. The summed E-state index contributed by atoms with van der Waals surface area (Å²) in [5.41, 5.74) is 9.13. The number of nitrogens with zero attached hydrogens (tertiary/aromatic N) is 3. The number of hydrogen-bond donors (Lipinski definition) is 0. The Morgan fingerprint density at radius 3 is 1.67 bits per heavy atom. The maximum atomic E-state index is 6.85. The molecule has 12 aromatic rings. The van der Waals surface area contributed by atoms with E-state index in [2.05, 4.69) is 103 Å². The van der Waals surface area contributed by atoms with Crippen molar-refractivity contribution in [3.8, 4) is 56.4 Å². The minimum atomic E-state index is 0.606. The molecule has 0 fully saturated rings. The molecule has 57 heavy (non-hydrogen) atoms. The molecule has 0 radical (unpaired) electrons. The summed E-state index contributed by atoms with van der Waals surface area (Å²) in [5.74, 6) is 1.86. The number of rotatable bonds is 5. The Bertz CT molecular complexity index is 3470. The van der Waals surface area contributed by atoms with Crippen LogP contribution in [-0.2, 0) is 0 Å². The molecule has 0 atom stereocenters. The molecule has 12 rings (SSSR count). The van der Waals surface area contributed by atoms with Gasteiger partial charge in [0.2, 0.25) is 0 Å². The lowest BCUT2D eigenvalue weighted by Gasteiger charge is -2.09. The van der Waals surface area contributed by atoms with Crippen molar-refractivity contribution in [1.29, 1.82) is 0 Å². The summed E-state index contributed by atoms with van der Waals surface area (Å²) in [5, 5.41) is 7.16. The molecule has 6 heteroatoms. The Hall–Kier alpha value is -6.99. The Kier molecular flexibility index (Phi) is 7.24. The van der Waals surface area contributed by atoms with Gasteiger partial charge in [-0.25, -0.2) is 15.0 Å². The number of benzene rings is 8. The molecule has 266 valence electrons. The highest BCUT2D eigenvalue weighted by atomic mass is 32.1. The third kappa shape index (κ3) is 5.15. The lowest BCUT2D eigenvalue weighted by atomic mass is 9.98. The maximum Gasteiger partial charge on any atom is 0.164 e. The van der Waals surface area contributed by atoms with Crippen LogP contribution in [0.3, 0.4) is 0 Å². The largest absolute Gasteiger partial charge is 0.455 e. The van der Waals surface area contributed by atoms with Gasteiger partial charge in [0.15, 0.2) is 17.5 Å². The summed E-state index contributed by atoms with van der Waals surface area (Å²) >= 11 is 3.73. The van der Waals surface area contributed by atoms with Crippen LogP contribution in [0, 0.1) is 0 Å². The quantitative estimate of drug-likeness (QED) is 0.175. The van der Waals surface area contributed by atoms with Crippen LogP contribution in [0.15, 0.2) is 180 Å². The summed E-state index contributed by atoms with van der Waals surface area (Å²) in [4.78, 5) is 15.1. The van der Waals surface area contributed by atoms with Crippen molar-refractivity contribution < 1.29 is 4.42 Å².